The van der Waals surface area contributed by atoms with Crippen LogP contribution < -0.4 is 10.1 Å². The number of hydrogen-bond acceptors (Lipinski definition) is 4. The molecular formula is C16H26N2O3. The molecule has 0 saturated carbocycles. The van der Waals surface area contributed by atoms with Crippen LogP contribution in [-0.4, -0.2) is 34.8 Å². The fraction of sp³-hybridized carbons (Fsp3) is 0.625. The molecule has 1 rings (SSSR count). The molecule has 2 N–H and O–H groups in total. The third-order valence-corrected chi connectivity index (χ3v) is 2.76. The van der Waals surface area contributed by atoms with E-state index in [1.165, 1.54) is 0 Å². The Balaban J connectivity index is 2.45. The Kier molecular flexibility index (Phi) is 6.62. The predicted molar refractivity (Wildman–Crippen MR) is 82.2 cm³/mol. The minimum atomic E-state index is -0.288. The predicted octanol–water partition coefficient (Wildman–Crippen LogP) is 1.94. The van der Waals surface area contributed by atoms with Gasteiger partial charge in [-0.25, -0.2) is 4.98 Å². The highest BCUT2D eigenvalue weighted by Crippen LogP contribution is 2.16. The summed E-state index contributed by atoms with van der Waals surface area (Å²) in [5.74, 6) is 0.629. The lowest BCUT2D eigenvalue weighted by atomic mass is 10.2. The minimum Gasteiger partial charge on any atom is -0.472 e. The number of hydrogen-bond donors (Lipinski definition) is 2. The average molecular weight is 294 g/mol. The number of nitrogens with zero attached hydrogens (tertiary/aromatic N) is 1. The Morgan fingerprint density at radius 2 is 2.14 bits per heavy atom. The van der Waals surface area contributed by atoms with Crippen LogP contribution in [0.2, 0.25) is 0 Å². The smallest absolute Gasteiger partial charge is 0.220 e. The molecule has 1 aromatic rings. The molecule has 1 atom stereocenters. The van der Waals surface area contributed by atoms with Gasteiger partial charge in [-0.15, -0.1) is 0 Å². The van der Waals surface area contributed by atoms with Crippen molar-refractivity contribution in [2.75, 3.05) is 13.2 Å². The van der Waals surface area contributed by atoms with Crippen molar-refractivity contribution in [3.63, 3.8) is 0 Å². The van der Waals surface area contributed by atoms with E-state index in [-0.39, 0.29) is 24.0 Å². The first-order valence-electron chi connectivity index (χ1n) is 7.32. The molecule has 21 heavy (non-hydrogen) atoms. The van der Waals surface area contributed by atoms with E-state index in [1.807, 2.05) is 45.9 Å². The molecule has 1 heterocycles. The van der Waals surface area contributed by atoms with Crippen molar-refractivity contribution in [3.05, 3.63) is 23.9 Å². The Morgan fingerprint density at radius 1 is 1.43 bits per heavy atom. The Bertz CT molecular complexity index is 455. The van der Waals surface area contributed by atoms with Crippen LogP contribution in [-0.2, 0) is 11.2 Å². The molecule has 1 aromatic heterocycles. The van der Waals surface area contributed by atoms with Crippen LogP contribution in [0, 0.1) is 5.92 Å². The van der Waals surface area contributed by atoms with E-state index in [0.29, 0.717) is 25.3 Å². The quantitative estimate of drug-likeness (QED) is 0.806. The molecule has 1 amide bonds. The van der Waals surface area contributed by atoms with Gasteiger partial charge >= 0.3 is 0 Å². The van der Waals surface area contributed by atoms with Gasteiger partial charge in [-0.1, -0.05) is 13.0 Å². The number of pyridine rings is 1. The molecule has 0 bridgehead atoms. The first-order valence-corrected chi connectivity index (χ1v) is 7.32. The van der Waals surface area contributed by atoms with E-state index >= 15 is 0 Å². The van der Waals surface area contributed by atoms with Gasteiger partial charge in [0.05, 0.1) is 0 Å². The first kappa shape index (κ1) is 17.4. The minimum absolute atomic E-state index is 0.0285. The highest BCUT2D eigenvalue weighted by atomic mass is 16.5. The van der Waals surface area contributed by atoms with Crippen LogP contribution in [0.3, 0.4) is 0 Å². The molecule has 5 heteroatoms. The van der Waals surface area contributed by atoms with Gasteiger partial charge in [0.1, 0.15) is 5.60 Å². The summed E-state index contributed by atoms with van der Waals surface area (Å²) >= 11 is 0. The SMILES string of the molecule is CC(CO)CNC(=O)CCc1cccc(OC(C)(C)C)n1. The normalized spacial score (nSPS) is 12.8. The number of nitrogens with one attached hydrogen (secondary N) is 1. The van der Waals surface area contributed by atoms with Crippen LogP contribution in [0.25, 0.3) is 0 Å². The topological polar surface area (TPSA) is 71.5 Å². The Labute approximate surface area is 126 Å². The van der Waals surface area contributed by atoms with Gasteiger partial charge in [0.15, 0.2) is 0 Å². The molecule has 0 aliphatic heterocycles. The maximum absolute atomic E-state index is 11.7. The maximum atomic E-state index is 11.7. The number of aromatic nitrogens is 1. The Morgan fingerprint density at radius 3 is 2.76 bits per heavy atom. The van der Waals surface area contributed by atoms with Crippen LogP contribution in [0.1, 0.15) is 39.8 Å². The molecule has 0 aliphatic carbocycles. The largest absolute Gasteiger partial charge is 0.472 e. The molecule has 0 fully saturated rings. The van der Waals surface area contributed by atoms with Crippen molar-refractivity contribution >= 4 is 5.91 Å². The summed E-state index contributed by atoms with van der Waals surface area (Å²) in [6, 6.07) is 5.59. The number of aryl methyl sites for hydroxylation is 1. The summed E-state index contributed by atoms with van der Waals surface area (Å²) in [5.41, 5.74) is 0.547. The number of ether oxygens (including phenoxy) is 1. The number of rotatable bonds is 7. The zero-order chi connectivity index (χ0) is 15.9. The van der Waals surface area contributed by atoms with Crippen LogP contribution in [0.15, 0.2) is 18.2 Å². The average Bonchev–Trinajstić information content (AvgIpc) is 2.41. The molecule has 0 saturated heterocycles. The fourth-order valence-electron chi connectivity index (χ4n) is 1.65. The second-order valence-electron chi connectivity index (χ2n) is 6.27. The van der Waals surface area contributed by atoms with Crippen LogP contribution in [0.5, 0.6) is 5.88 Å². The molecule has 1 unspecified atom stereocenters. The molecular weight excluding hydrogens is 268 g/mol. The summed E-state index contributed by atoms with van der Waals surface area (Å²) in [7, 11) is 0. The monoisotopic (exact) mass is 294 g/mol. The van der Waals surface area contributed by atoms with E-state index in [9.17, 15) is 4.79 Å². The zero-order valence-corrected chi connectivity index (χ0v) is 13.3. The van der Waals surface area contributed by atoms with Crippen molar-refractivity contribution in [2.45, 2.75) is 46.1 Å². The Hall–Kier alpha value is -1.62. The number of carbonyl (C=O) groups excluding carboxylic acids is 1. The first-order chi connectivity index (χ1) is 9.80. The third-order valence-electron chi connectivity index (χ3n) is 2.76. The molecule has 0 aromatic carbocycles. The lowest BCUT2D eigenvalue weighted by molar-refractivity contribution is -0.121. The zero-order valence-electron chi connectivity index (χ0n) is 13.3. The van der Waals surface area contributed by atoms with E-state index in [0.717, 1.165) is 5.69 Å². The third kappa shape index (κ3) is 7.66. The van der Waals surface area contributed by atoms with Crippen LogP contribution in [0.4, 0.5) is 0 Å². The van der Waals surface area contributed by atoms with Crippen molar-refractivity contribution in [1.82, 2.24) is 10.3 Å². The van der Waals surface area contributed by atoms with Crippen molar-refractivity contribution in [2.24, 2.45) is 5.92 Å². The number of aliphatic hydroxyl groups excluding tert-OH is 1. The summed E-state index contributed by atoms with van der Waals surface area (Å²) in [6.07, 6.45) is 0.949. The maximum Gasteiger partial charge on any atom is 0.220 e. The second kappa shape index (κ2) is 7.98. The van der Waals surface area contributed by atoms with Gasteiger partial charge in [0, 0.05) is 31.3 Å². The van der Waals surface area contributed by atoms with Gasteiger partial charge in [0.25, 0.3) is 0 Å². The summed E-state index contributed by atoms with van der Waals surface area (Å²) < 4.78 is 5.70. The van der Waals surface area contributed by atoms with Gasteiger partial charge in [-0.2, -0.15) is 0 Å². The second-order valence-corrected chi connectivity index (χ2v) is 6.27. The van der Waals surface area contributed by atoms with E-state index in [2.05, 4.69) is 10.3 Å². The summed E-state index contributed by atoms with van der Waals surface area (Å²) in [5, 5.41) is 11.7. The lowest BCUT2D eigenvalue weighted by Gasteiger charge is -2.20. The lowest BCUT2D eigenvalue weighted by Crippen LogP contribution is -2.29. The van der Waals surface area contributed by atoms with Crippen LogP contribution >= 0.6 is 0 Å². The number of carbonyl (C=O) groups is 1. The van der Waals surface area contributed by atoms with Crippen molar-refractivity contribution in [3.8, 4) is 5.88 Å². The van der Waals surface area contributed by atoms with Gasteiger partial charge in [0.2, 0.25) is 11.8 Å². The molecule has 0 spiro atoms. The van der Waals surface area contributed by atoms with E-state index in [1.54, 1.807) is 0 Å². The number of amides is 1. The van der Waals surface area contributed by atoms with Crippen molar-refractivity contribution < 1.29 is 14.6 Å². The van der Waals surface area contributed by atoms with E-state index in [4.69, 9.17) is 9.84 Å². The molecule has 5 nitrogen and oxygen atoms in total. The van der Waals surface area contributed by atoms with Crippen molar-refractivity contribution in [1.29, 1.82) is 0 Å². The highest BCUT2D eigenvalue weighted by molar-refractivity contribution is 5.76. The van der Waals surface area contributed by atoms with Gasteiger partial charge in [-0.3, -0.25) is 4.79 Å². The summed E-state index contributed by atoms with van der Waals surface area (Å²) in [6.45, 7) is 8.37. The summed E-state index contributed by atoms with van der Waals surface area (Å²) in [4.78, 5) is 16.1. The molecule has 0 radical (unpaired) electrons. The fourth-order valence-corrected chi connectivity index (χ4v) is 1.65. The standard InChI is InChI=1S/C16H26N2O3/c1-12(11-19)10-17-14(20)9-8-13-6-5-7-15(18-13)21-16(2,3)4/h5-7,12,19H,8-11H2,1-4H3,(H,17,20). The molecule has 118 valence electrons. The van der Waals surface area contributed by atoms with Gasteiger partial charge in [-0.05, 0) is 39.2 Å². The number of aliphatic hydroxyl groups is 1. The molecule has 0 aliphatic rings. The highest BCUT2D eigenvalue weighted by Gasteiger charge is 2.13. The van der Waals surface area contributed by atoms with Gasteiger partial charge < -0.3 is 15.2 Å². The van der Waals surface area contributed by atoms with E-state index < -0.39 is 0 Å².